The first-order valence-electron chi connectivity index (χ1n) is 5.54. The van der Waals surface area contributed by atoms with Gasteiger partial charge in [-0.25, -0.2) is 0 Å². The Hall–Kier alpha value is -1.02. The zero-order valence-electron chi connectivity index (χ0n) is 9.36. The Kier molecular flexibility index (Phi) is 2.70. The maximum absolute atomic E-state index is 9.29. The number of hydrogen-bond acceptors (Lipinski definition) is 2. The minimum atomic E-state index is 0.0658. The lowest BCUT2D eigenvalue weighted by atomic mass is 9.97. The molecule has 0 aromatic heterocycles. The van der Waals surface area contributed by atoms with Crippen LogP contribution in [0.15, 0.2) is 24.3 Å². The van der Waals surface area contributed by atoms with Crippen molar-refractivity contribution in [3.05, 3.63) is 29.8 Å². The number of ether oxygens (including phenoxy) is 1. The van der Waals surface area contributed by atoms with E-state index in [1.54, 1.807) is 0 Å². The summed E-state index contributed by atoms with van der Waals surface area (Å²) in [4.78, 5) is 0. The van der Waals surface area contributed by atoms with Crippen LogP contribution < -0.4 is 4.74 Å². The van der Waals surface area contributed by atoms with Gasteiger partial charge in [-0.15, -0.1) is 0 Å². The molecular weight excluding hydrogens is 188 g/mol. The van der Waals surface area contributed by atoms with Crippen molar-refractivity contribution < 1.29 is 9.84 Å². The molecule has 0 amide bonds. The van der Waals surface area contributed by atoms with Crippen LogP contribution in [0.5, 0.6) is 5.75 Å². The third-order valence-electron chi connectivity index (χ3n) is 2.99. The highest BCUT2D eigenvalue weighted by Gasteiger charge is 2.43. The average molecular weight is 206 g/mol. The lowest BCUT2D eigenvalue weighted by molar-refractivity contribution is 0.241. The largest absolute Gasteiger partial charge is 0.491 e. The van der Waals surface area contributed by atoms with Gasteiger partial charge in [-0.2, -0.15) is 0 Å². The van der Waals surface area contributed by atoms with E-state index in [9.17, 15) is 5.11 Å². The third kappa shape index (κ3) is 2.15. The number of aliphatic hydroxyl groups is 1. The molecule has 0 atom stereocenters. The zero-order chi connectivity index (χ0) is 10.9. The van der Waals surface area contributed by atoms with E-state index in [4.69, 9.17) is 4.74 Å². The SMILES string of the molecule is CC(C)Oc1ccc(C2(CO)CC2)cc1. The monoisotopic (exact) mass is 206 g/mol. The summed E-state index contributed by atoms with van der Waals surface area (Å²) < 4.78 is 5.57. The molecule has 0 unspecified atom stereocenters. The summed E-state index contributed by atoms with van der Waals surface area (Å²) in [6.07, 6.45) is 2.42. The smallest absolute Gasteiger partial charge is 0.119 e. The Morgan fingerprint density at radius 1 is 1.27 bits per heavy atom. The molecule has 2 nitrogen and oxygen atoms in total. The van der Waals surface area contributed by atoms with Crippen LogP contribution in [0.3, 0.4) is 0 Å². The van der Waals surface area contributed by atoms with E-state index in [1.807, 2.05) is 26.0 Å². The predicted molar refractivity (Wildman–Crippen MR) is 60.2 cm³/mol. The fraction of sp³-hybridized carbons (Fsp3) is 0.538. The van der Waals surface area contributed by atoms with E-state index in [0.29, 0.717) is 0 Å². The normalized spacial score (nSPS) is 17.9. The Morgan fingerprint density at radius 3 is 2.27 bits per heavy atom. The van der Waals surface area contributed by atoms with E-state index in [0.717, 1.165) is 18.6 Å². The van der Waals surface area contributed by atoms with E-state index in [-0.39, 0.29) is 18.1 Å². The molecule has 0 heterocycles. The van der Waals surface area contributed by atoms with Crippen LogP contribution in [0, 0.1) is 0 Å². The van der Waals surface area contributed by atoms with Gasteiger partial charge in [0.1, 0.15) is 5.75 Å². The fourth-order valence-corrected chi connectivity index (χ4v) is 1.85. The molecule has 2 rings (SSSR count). The second-order valence-corrected chi connectivity index (χ2v) is 4.63. The first-order chi connectivity index (χ1) is 7.16. The van der Waals surface area contributed by atoms with Crippen molar-refractivity contribution in [3.8, 4) is 5.75 Å². The highest BCUT2D eigenvalue weighted by atomic mass is 16.5. The van der Waals surface area contributed by atoms with Gasteiger partial charge in [0, 0.05) is 5.41 Å². The number of aliphatic hydroxyl groups excluding tert-OH is 1. The van der Waals surface area contributed by atoms with Crippen molar-refractivity contribution in [2.24, 2.45) is 0 Å². The van der Waals surface area contributed by atoms with Crippen LogP contribution in [-0.2, 0) is 5.41 Å². The quantitative estimate of drug-likeness (QED) is 0.820. The van der Waals surface area contributed by atoms with Gasteiger partial charge >= 0.3 is 0 Å². The molecule has 1 N–H and O–H groups in total. The van der Waals surface area contributed by atoms with Gasteiger partial charge in [0.05, 0.1) is 12.7 Å². The van der Waals surface area contributed by atoms with Gasteiger partial charge in [0.25, 0.3) is 0 Å². The summed E-state index contributed by atoms with van der Waals surface area (Å²) in [5.41, 5.74) is 1.30. The van der Waals surface area contributed by atoms with Crippen LogP contribution in [0.1, 0.15) is 32.3 Å². The first kappa shape index (κ1) is 10.5. The van der Waals surface area contributed by atoms with Crippen LogP contribution >= 0.6 is 0 Å². The highest BCUT2D eigenvalue weighted by Crippen LogP contribution is 2.47. The Bertz CT molecular complexity index is 323. The number of benzene rings is 1. The van der Waals surface area contributed by atoms with Crippen molar-refractivity contribution in [2.75, 3.05) is 6.61 Å². The van der Waals surface area contributed by atoms with Crippen molar-refractivity contribution in [1.29, 1.82) is 0 Å². The van der Waals surface area contributed by atoms with Crippen molar-refractivity contribution >= 4 is 0 Å². The van der Waals surface area contributed by atoms with Crippen LogP contribution in [0.4, 0.5) is 0 Å². The molecule has 15 heavy (non-hydrogen) atoms. The molecule has 1 aliphatic rings. The molecule has 0 radical (unpaired) electrons. The van der Waals surface area contributed by atoms with E-state index in [2.05, 4.69) is 12.1 Å². The van der Waals surface area contributed by atoms with Gasteiger partial charge in [0.2, 0.25) is 0 Å². The fourth-order valence-electron chi connectivity index (χ4n) is 1.85. The second kappa shape index (κ2) is 3.86. The molecule has 1 saturated carbocycles. The summed E-state index contributed by atoms with van der Waals surface area (Å²) >= 11 is 0. The molecule has 1 fully saturated rings. The van der Waals surface area contributed by atoms with Crippen molar-refractivity contribution in [2.45, 2.75) is 38.2 Å². The molecule has 0 spiro atoms. The lowest BCUT2D eigenvalue weighted by Gasteiger charge is -2.14. The number of hydrogen-bond donors (Lipinski definition) is 1. The van der Waals surface area contributed by atoms with Crippen LogP contribution in [0.25, 0.3) is 0 Å². The van der Waals surface area contributed by atoms with E-state index >= 15 is 0 Å². The molecule has 1 aromatic rings. The summed E-state index contributed by atoms with van der Waals surface area (Å²) in [7, 11) is 0. The molecule has 1 aliphatic carbocycles. The minimum Gasteiger partial charge on any atom is -0.491 e. The summed E-state index contributed by atoms with van der Waals surface area (Å²) in [5.74, 6) is 0.905. The van der Waals surface area contributed by atoms with Gasteiger partial charge in [0.15, 0.2) is 0 Å². The van der Waals surface area contributed by atoms with E-state index < -0.39 is 0 Å². The van der Waals surface area contributed by atoms with Crippen molar-refractivity contribution in [1.82, 2.24) is 0 Å². The maximum Gasteiger partial charge on any atom is 0.119 e. The van der Waals surface area contributed by atoms with Gasteiger partial charge in [-0.3, -0.25) is 0 Å². The Labute approximate surface area is 90.9 Å². The zero-order valence-corrected chi connectivity index (χ0v) is 9.36. The molecule has 0 bridgehead atoms. The molecule has 0 saturated heterocycles. The molecule has 1 aromatic carbocycles. The van der Waals surface area contributed by atoms with Gasteiger partial charge < -0.3 is 9.84 Å². The third-order valence-corrected chi connectivity index (χ3v) is 2.99. The molecule has 0 aliphatic heterocycles. The van der Waals surface area contributed by atoms with Gasteiger partial charge in [-0.05, 0) is 44.4 Å². The molecule has 82 valence electrons. The molecular formula is C13H18O2. The van der Waals surface area contributed by atoms with Crippen LogP contribution in [-0.4, -0.2) is 17.8 Å². The minimum absolute atomic E-state index is 0.0658. The lowest BCUT2D eigenvalue weighted by Crippen LogP contribution is -2.12. The average Bonchev–Trinajstić information content (AvgIpc) is 2.99. The second-order valence-electron chi connectivity index (χ2n) is 4.63. The highest BCUT2D eigenvalue weighted by molar-refractivity contribution is 5.36. The summed E-state index contributed by atoms with van der Waals surface area (Å²) in [6.45, 7) is 4.30. The van der Waals surface area contributed by atoms with Crippen molar-refractivity contribution in [3.63, 3.8) is 0 Å². The topological polar surface area (TPSA) is 29.5 Å². The maximum atomic E-state index is 9.29. The summed E-state index contributed by atoms with van der Waals surface area (Å²) in [5, 5.41) is 9.29. The van der Waals surface area contributed by atoms with Crippen LogP contribution in [0.2, 0.25) is 0 Å². The Morgan fingerprint density at radius 2 is 1.87 bits per heavy atom. The van der Waals surface area contributed by atoms with E-state index in [1.165, 1.54) is 5.56 Å². The first-order valence-corrected chi connectivity index (χ1v) is 5.54. The Balaban J connectivity index is 2.10. The standard InChI is InChI=1S/C13H18O2/c1-10(2)15-12-5-3-11(4-6-12)13(9-14)7-8-13/h3-6,10,14H,7-9H2,1-2H3. The van der Waals surface area contributed by atoms with Gasteiger partial charge in [-0.1, -0.05) is 12.1 Å². The summed E-state index contributed by atoms with van der Waals surface area (Å²) in [6, 6.07) is 8.12. The number of rotatable bonds is 4. The predicted octanol–water partition coefficient (Wildman–Crippen LogP) is 2.50. The molecule has 2 heteroatoms.